The monoisotopic (exact) mass is 338 g/mol. The Morgan fingerprint density at radius 3 is 2.40 bits per heavy atom. The Hall–Kier alpha value is -3.22. The van der Waals surface area contributed by atoms with E-state index in [1.165, 1.54) is 24.3 Å². The summed E-state index contributed by atoms with van der Waals surface area (Å²) in [5.74, 6) is -0.273. The van der Waals surface area contributed by atoms with Crippen LogP contribution in [0.15, 0.2) is 54.7 Å². The van der Waals surface area contributed by atoms with Gasteiger partial charge in [-0.2, -0.15) is 5.10 Å². The highest BCUT2D eigenvalue weighted by molar-refractivity contribution is 5.52. The molecule has 7 heteroatoms. The average Bonchev–Trinajstić information content (AvgIpc) is 3.05. The maximum atomic E-state index is 13.1. The summed E-state index contributed by atoms with van der Waals surface area (Å²) in [6, 6.07) is 12.8. The van der Waals surface area contributed by atoms with E-state index in [4.69, 9.17) is 0 Å². The van der Waals surface area contributed by atoms with E-state index in [2.05, 4.69) is 10.00 Å². The third-order valence-corrected chi connectivity index (χ3v) is 4.37. The van der Waals surface area contributed by atoms with Crippen molar-refractivity contribution in [1.29, 1.82) is 0 Å². The normalized spacial score (nSPS) is 13.6. The molecule has 126 valence electrons. The Morgan fingerprint density at radius 1 is 1.04 bits per heavy atom. The first-order chi connectivity index (χ1) is 12.1. The van der Waals surface area contributed by atoms with Crippen LogP contribution in [0.25, 0.3) is 5.69 Å². The molecule has 0 spiro atoms. The van der Waals surface area contributed by atoms with Gasteiger partial charge in [-0.3, -0.25) is 10.1 Å². The van der Waals surface area contributed by atoms with E-state index < -0.39 is 4.92 Å². The lowest BCUT2D eigenvalue weighted by Gasteiger charge is -2.28. The first-order valence-corrected chi connectivity index (χ1v) is 7.93. The molecule has 0 N–H and O–H groups in total. The van der Waals surface area contributed by atoms with Gasteiger partial charge < -0.3 is 4.90 Å². The smallest absolute Gasteiger partial charge is 0.269 e. The molecule has 25 heavy (non-hydrogen) atoms. The maximum Gasteiger partial charge on any atom is 0.269 e. The summed E-state index contributed by atoms with van der Waals surface area (Å²) in [5, 5.41) is 15.4. The summed E-state index contributed by atoms with van der Waals surface area (Å²) < 4.78 is 14.8. The zero-order chi connectivity index (χ0) is 17.4. The Kier molecular flexibility index (Phi) is 3.68. The molecule has 3 aromatic rings. The Bertz CT molecular complexity index is 919. The predicted molar refractivity (Wildman–Crippen MR) is 91.4 cm³/mol. The molecule has 6 nitrogen and oxygen atoms in total. The van der Waals surface area contributed by atoms with Crippen LogP contribution in [-0.2, 0) is 13.0 Å². The second-order valence-corrected chi connectivity index (χ2v) is 5.97. The van der Waals surface area contributed by atoms with Gasteiger partial charge in [-0.25, -0.2) is 9.07 Å². The number of benzene rings is 2. The summed E-state index contributed by atoms with van der Waals surface area (Å²) in [4.78, 5) is 12.5. The standard InChI is InChI=1S/C18H15FN4O2/c19-14-1-3-16(4-2-14)22-12-13-11-21(10-9-18(13)20-22)15-5-7-17(8-6-15)23(24)25/h1-8,12H,9-11H2. The van der Waals surface area contributed by atoms with Crippen LogP contribution in [0.3, 0.4) is 0 Å². The van der Waals surface area contributed by atoms with Gasteiger partial charge in [-0.15, -0.1) is 0 Å². The van der Waals surface area contributed by atoms with Gasteiger partial charge in [0.05, 0.1) is 16.3 Å². The van der Waals surface area contributed by atoms with Gasteiger partial charge in [0.1, 0.15) is 5.82 Å². The molecule has 0 unspecified atom stereocenters. The lowest BCUT2D eigenvalue weighted by atomic mass is 10.1. The molecule has 0 amide bonds. The van der Waals surface area contributed by atoms with Crippen LogP contribution < -0.4 is 4.90 Å². The SMILES string of the molecule is O=[N+]([O-])c1ccc(N2CCc3nn(-c4ccc(F)cc4)cc3C2)cc1. The molecule has 0 saturated heterocycles. The zero-order valence-electron chi connectivity index (χ0n) is 13.3. The lowest BCUT2D eigenvalue weighted by Crippen LogP contribution is -2.29. The second-order valence-electron chi connectivity index (χ2n) is 5.97. The van der Waals surface area contributed by atoms with Crippen molar-refractivity contribution in [3.63, 3.8) is 0 Å². The topological polar surface area (TPSA) is 64.2 Å². The fraction of sp³-hybridized carbons (Fsp3) is 0.167. The molecule has 0 saturated carbocycles. The highest BCUT2D eigenvalue weighted by Gasteiger charge is 2.20. The molecule has 4 rings (SSSR count). The first kappa shape index (κ1) is 15.3. The average molecular weight is 338 g/mol. The number of nitro groups is 1. The number of anilines is 1. The van der Waals surface area contributed by atoms with Crippen molar-refractivity contribution in [3.05, 3.63) is 81.9 Å². The minimum absolute atomic E-state index is 0.0885. The minimum Gasteiger partial charge on any atom is -0.367 e. The van der Waals surface area contributed by atoms with Gasteiger partial charge in [0.25, 0.3) is 5.69 Å². The number of aromatic nitrogens is 2. The molecule has 1 aliphatic rings. The highest BCUT2D eigenvalue weighted by Crippen LogP contribution is 2.26. The number of fused-ring (bicyclic) bond motifs is 1. The number of non-ortho nitro benzene ring substituents is 1. The van der Waals surface area contributed by atoms with Crippen molar-refractivity contribution in [1.82, 2.24) is 9.78 Å². The lowest BCUT2D eigenvalue weighted by molar-refractivity contribution is -0.384. The first-order valence-electron chi connectivity index (χ1n) is 7.93. The van der Waals surface area contributed by atoms with Gasteiger partial charge in [0, 0.05) is 49.1 Å². The largest absolute Gasteiger partial charge is 0.367 e. The van der Waals surface area contributed by atoms with Crippen LogP contribution >= 0.6 is 0 Å². The van der Waals surface area contributed by atoms with Crippen LogP contribution in [0, 0.1) is 15.9 Å². The van der Waals surface area contributed by atoms with Crippen LogP contribution in [-0.4, -0.2) is 21.2 Å². The van der Waals surface area contributed by atoms with Crippen molar-refractivity contribution in [2.75, 3.05) is 11.4 Å². The Labute approximate surface area is 143 Å². The fourth-order valence-corrected chi connectivity index (χ4v) is 3.05. The molecular formula is C18H15FN4O2. The number of rotatable bonds is 3. The van der Waals surface area contributed by atoms with E-state index in [9.17, 15) is 14.5 Å². The molecule has 0 fully saturated rings. The van der Waals surface area contributed by atoms with E-state index >= 15 is 0 Å². The van der Waals surface area contributed by atoms with Gasteiger partial charge in [-0.05, 0) is 36.4 Å². The molecule has 1 aliphatic heterocycles. The highest BCUT2D eigenvalue weighted by atomic mass is 19.1. The summed E-state index contributed by atoms with van der Waals surface area (Å²) in [6.45, 7) is 1.49. The second kappa shape index (κ2) is 6.01. The van der Waals surface area contributed by atoms with E-state index in [0.717, 1.165) is 35.6 Å². The van der Waals surface area contributed by atoms with Crippen LogP contribution in [0.4, 0.5) is 15.8 Å². The van der Waals surface area contributed by atoms with Crippen LogP contribution in [0.2, 0.25) is 0 Å². The van der Waals surface area contributed by atoms with Gasteiger partial charge in [0.15, 0.2) is 0 Å². The molecule has 0 atom stereocenters. The predicted octanol–water partition coefficient (Wildman–Crippen LogP) is 3.48. The van der Waals surface area contributed by atoms with Crippen molar-refractivity contribution in [3.8, 4) is 5.69 Å². The summed E-state index contributed by atoms with van der Waals surface area (Å²) >= 11 is 0. The Morgan fingerprint density at radius 2 is 1.72 bits per heavy atom. The molecule has 1 aromatic heterocycles. The van der Waals surface area contributed by atoms with E-state index in [0.29, 0.717) is 6.54 Å². The van der Waals surface area contributed by atoms with Gasteiger partial charge >= 0.3 is 0 Å². The summed E-state index contributed by atoms with van der Waals surface area (Å²) in [6.07, 6.45) is 2.75. The maximum absolute atomic E-state index is 13.1. The fourth-order valence-electron chi connectivity index (χ4n) is 3.05. The quantitative estimate of drug-likeness (QED) is 0.542. The van der Waals surface area contributed by atoms with Gasteiger partial charge in [0.2, 0.25) is 0 Å². The number of hydrogen-bond donors (Lipinski definition) is 0. The number of hydrogen-bond acceptors (Lipinski definition) is 4. The van der Waals surface area contributed by atoms with E-state index in [1.54, 1.807) is 28.9 Å². The number of halogens is 1. The minimum atomic E-state index is -0.398. The molecule has 2 aromatic carbocycles. The van der Waals surface area contributed by atoms with Gasteiger partial charge in [-0.1, -0.05) is 0 Å². The Balaban J connectivity index is 1.57. The van der Waals surface area contributed by atoms with Crippen LogP contribution in [0.1, 0.15) is 11.3 Å². The van der Waals surface area contributed by atoms with Crippen molar-refractivity contribution in [2.45, 2.75) is 13.0 Å². The molecule has 2 heterocycles. The number of nitrogens with zero attached hydrogens (tertiary/aromatic N) is 4. The summed E-state index contributed by atoms with van der Waals surface area (Å²) in [5.41, 5.74) is 3.99. The molecular weight excluding hydrogens is 323 g/mol. The van der Waals surface area contributed by atoms with Crippen LogP contribution in [0.5, 0.6) is 0 Å². The molecule has 0 radical (unpaired) electrons. The number of nitro benzene ring substituents is 1. The summed E-state index contributed by atoms with van der Waals surface area (Å²) in [7, 11) is 0. The van der Waals surface area contributed by atoms with Crippen molar-refractivity contribution in [2.24, 2.45) is 0 Å². The van der Waals surface area contributed by atoms with E-state index in [1.807, 2.05) is 6.20 Å². The van der Waals surface area contributed by atoms with Crippen molar-refractivity contribution >= 4 is 11.4 Å². The molecule has 0 aliphatic carbocycles. The van der Waals surface area contributed by atoms with E-state index in [-0.39, 0.29) is 11.5 Å². The third kappa shape index (κ3) is 2.96. The zero-order valence-corrected chi connectivity index (χ0v) is 13.3. The molecule has 0 bridgehead atoms. The van der Waals surface area contributed by atoms with Crippen molar-refractivity contribution < 1.29 is 9.31 Å². The third-order valence-electron chi connectivity index (χ3n) is 4.37.